The molecular weight excluding hydrogens is 304 g/mol. The lowest BCUT2D eigenvalue weighted by Crippen LogP contribution is -2.14. The molecular formula is C10H7BrN4O3. The van der Waals surface area contributed by atoms with E-state index in [1.54, 1.807) is 0 Å². The fraction of sp³-hybridized carbons (Fsp3) is 0. The number of fused-ring (bicyclic) bond motifs is 1. The number of carbonyl (C=O) groups excluding carboxylic acids is 1. The van der Waals surface area contributed by atoms with E-state index in [0.717, 1.165) is 0 Å². The Balaban J connectivity index is 2.98. The molecule has 8 heteroatoms. The van der Waals surface area contributed by atoms with Gasteiger partial charge in [0.15, 0.2) is 0 Å². The smallest absolute Gasteiger partial charge is 0.280 e. The monoisotopic (exact) mass is 310 g/mol. The summed E-state index contributed by atoms with van der Waals surface area (Å²) in [5.74, 6) is -0.781. The number of nitrogen functional groups attached to an aromatic ring is 1. The molecule has 0 saturated heterocycles. The molecule has 0 aliphatic carbocycles. The summed E-state index contributed by atoms with van der Waals surface area (Å²) in [4.78, 5) is 25.5. The van der Waals surface area contributed by atoms with Gasteiger partial charge in [0.25, 0.3) is 11.6 Å². The van der Waals surface area contributed by atoms with Crippen LogP contribution in [0.5, 0.6) is 0 Å². The predicted octanol–water partition coefficient (Wildman–Crippen LogP) is 1.59. The number of amides is 1. The number of nitrogens with two attached hydrogens (primary N) is 2. The van der Waals surface area contributed by atoms with Crippen molar-refractivity contribution in [2.45, 2.75) is 0 Å². The summed E-state index contributed by atoms with van der Waals surface area (Å²) in [5.41, 5.74) is 10.9. The first kappa shape index (κ1) is 12.2. The molecule has 1 heterocycles. The minimum Gasteiger partial charge on any atom is -0.397 e. The summed E-state index contributed by atoms with van der Waals surface area (Å²) >= 11 is 3.22. The molecule has 1 amide bonds. The summed E-state index contributed by atoms with van der Waals surface area (Å²) in [6, 6.07) is 2.78. The summed E-state index contributed by atoms with van der Waals surface area (Å²) < 4.78 is 0.547. The number of hydrogen-bond donors (Lipinski definition) is 2. The highest BCUT2D eigenvalue weighted by atomic mass is 79.9. The van der Waals surface area contributed by atoms with Gasteiger partial charge in [-0.15, -0.1) is 0 Å². The lowest BCUT2D eigenvalue weighted by Gasteiger charge is -2.07. The molecule has 1 aromatic carbocycles. The van der Waals surface area contributed by atoms with Crippen molar-refractivity contribution in [1.82, 2.24) is 4.98 Å². The Bertz CT molecular complexity index is 686. The predicted molar refractivity (Wildman–Crippen MR) is 69.0 cm³/mol. The highest BCUT2D eigenvalue weighted by Crippen LogP contribution is 2.35. The topological polar surface area (TPSA) is 125 Å². The SMILES string of the molecule is NC(=O)c1cnc2c(Br)ccc([N+](=O)[O-])c2c1N. The van der Waals surface area contributed by atoms with E-state index in [1.165, 1.54) is 18.3 Å². The fourth-order valence-corrected chi connectivity index (χ4v) is 2.06. The number of carbonyl (C=O) groups is 1. The summed E-state index contributed by atoms with van der Waals surface area (Å²) in [7, 11) is 0. The zero-order chi connectivity index (χ0) is 13.4. The van der Waals surface area contributed by atoms with Crippen LogP contribution < -0.4 is 11.5 Å². The lowest BCUT2D eigenvalue weighted by molar-refractivity contribution is -0.383. The zero-order valence-corrected chi connectivity index (χ0v) is 10.5. The third-order valence-corrected chi connectivity index (χ3v) is 3.09. The van der Waals surface area contributed by atoms with Crippen molar-refractivity contribution in [2.24, 2.45) is 5.73 Å². The van der Waals surface area contributed by atoms with Gasteiger partial charge in [0.05, 0.1) is 21.7 Å². The van der Waals surface area contributed by atoms with Gasteiger partial charge in [-0.3, -0.25) is 19.9 Å². The van der Waals surface area contributed by atoms with Gasteiger partial charge in [-0.1, -0.05) is 0 Å². The van der Waals surface area contributed by atoms with E-state index in [-0.39, 0.29) is 22.3 Å². The van der Waals surface area contributed by atoms with Crippen molar-refractivity contribution < 1.29 is 9.72 Å². The number of nitro groups is 1. The number of primary amides is 1. The number of aromatic nitrogens is 1. The molecule has 1 aromatic heterocycles. The molecule has 92 valence electrons. The molecule has 0 radical (unpaired) electrons. The normalized spacial score (nSPS) is 10.5. The molecule has 0 aliphatic heterocycles. The second kappa shape index (κ2) is 4.22. The van der Waals surface area contributed by atoms with Gasteiger partial charge < -0.3 is 11.5 Å². The number of benzene rings is 1. The van der Waals surface area contributed by atoms with E-state index in [0.29, 0.717) is 9.99 Å². The summed E-state index contributed by atoms with van der Waals surface area (Å²) in [5, 5.41) is 11.1. The first-order valence-corrected chi connectivity index (χ1v) is 5.53. The second-order valence-electron chi connectivity index (χ2n) is 3.50. The quantitative estimate of drug-likeness (QED) is 0.643. The van der Waals surface area contributed by atoms with E-state index in [4.69, 9.17) is 11.5 Å². The number of non-ortho nitro benzene ring substituents is 1. The van der Waals surface area contributed by atoms with E-state index >= 15 is 0 Å². The highest BCUT2D eigenvalue weighted by molar-refractivity contribution is 9.10. The molecule has 4 N–H and O–H groups in total. The van der Waals surface area contributed by atoms with Crippen LogP contribution in [0.3, 0.4) is 0 Å². The van der Waals surface area contributed by atoms with Crippen molar-refractivity contribution in [3.05, 3.63) is 38.5 Å². The summed E-state index contributed by atoms with van der Waals surface area (Å²) in [6.45, 7) is 0. The van der Waals surface area contributed by atoms with E-state index in [2.05, 4.69) is 20.9 Å². The van der Waals surface area contributed by atoms with E-state index < -0.39 is 10.8 Å². The Labute approximate surface area is 109 Å². The van der Waals surface area contributed by atoms with Crippen LogP contribution in [0.4, 0.5) is 11.4 Å². The molecule has 0 atom stereocenters. The average molecular weight is 311 g/mol. The van der Waals surface area contributed by atoms with Crippen LogP contribution in [0.15, 0.2) is 22.8 Å². The maximum atomic E-state index is 11.2. The van der Waals surface area contributed by atoms with Gasteiger partial charge in [-0.2, -0.15) is 0 Å². The van der Waals surface area contributed by atoms with Crippen LogP contribution in [-0.4, -0.2) is 15.8 Å². The third kappa shape index (κ3) is 1.76. The number of rotatable bonds is 2. The average Bonchev–Trinajstić information content (AvgIpc) is 2.29. The van der Waals surface area contributed by atoms with Crippen LogP contribution in [0.2, 0.25) is 0 Å². The van der Waals surface area contributed by atoms with Gasteiger partial charge >= 0.3 is 0 Å². The van der Waals surface area contributed by atoms with E-state index in [1.807, 2.05) is 0 Å². The summed E-state index contributed by atoms with van der Waals surface area (Å²) in [6.07, 6.45) is 1.20. The number of pyridine rings is 1. The minimum absolute atomic E-state index is 0.0382. The van der Waals surface area contributed by atoms with Crippen LogP contribution >= 0.6 is 15.9 Å². The number of nitro benzene ring substituents is 1. The number of anilines is 1. The Morgan fingerprint density at radius 2 is 2.11 bits per heavy atom. The number of nitrogens with zero attached hydrogens (tertiary/aromatic N) is 2. The molecule has 7 nitrogen and oxygen atoms in total. The Morgan fingerprint density at radius 3 is 2.67 bits per heavy atom. The molecule has 18 heavy (non-hydrogen) atoms. The third-order valence-electron chi connectivity index (χ3n) is 2.45. The fourth-order valence-electron chi connectivity index (χ4n) is 1.63. The number of halogens is 1. The second-order valence-corrected chi connectivity index (χ2v) is 4.35. The standard InChI is InChI=1S/C10H7BrN4O3/c11-5-1-2-6(15(17)18)7-8(12)4(10(13)16)3-14-9(5)7/h1-3H,(H2,12,14)(H2,13,16). The minimum atomic E-state index is -0.781. The maximum absolute atomic E-state index is 11.2. The molecule has 0 bridgehead atoms. The van der Waals surface area contributed by atoms with Crippen molar-refractivity contribution in [1.29, 1.82) is 0 Å². The van der Waals surface area contributed by atoms with Gasteiger partial charge in [-0.25, -0.2) is 0 Å². The van der Waals surface area contributed by atoms with Gasteiger partial charge in [0, 0.05) is 16.7 Å². The molecule has 2 aromatic rings. The van der Waals surface area contributed by atoms with Crippen molar-refractivity contribution >= 4 is 44.1 Å². The van der Waals surface area contributed by atoms with Crippen molar-refractivity contribution in [2.75, 3.05) is 5.73 Å². The molecule has 0 fully saturated rings. The molecule has 0 saturated carbocycles. The van der Waals surface area contributed by atoms with Crippen molar-refractivity contribution in [3.8, 4) is 0 Å². The molecule has 0 aliphatic rings. The van der Waals surface area contributed by atoms with Crippen LogP contribution in [-0.2, 0) is 0 Å². The van der Waals surface area contributed by atoms with Crippen LogP contribution in [0.1, 0.15) is 10.4 Å². The Morgan fingerprint density at radius 1 is 1.44 bits per heavy atom. The van der Waals surface area contributed by atoms with Gasteiger partial charge in [0.1, 0.15) is 5.39 Å². The van der Waals surface area contributed by atoms with Gasteiger partial charge in [0.2, 0.25) is 0 Å². The first-order valence-electron chi connectivity index (χ1n) is 4.74. The maximum Gasteiger partial charge on any atom is 0.280 e. The van der Waals surface area contributed by atoms with Crippen molar-refractivity contribution in [3.63, 3.8) is 0 Å². The Hall–Kier alpha value is -2.22. The van der Waals surface area contributed by atoms with Gasteiger partial charge in [-0.05, 0) is 22.0 Å². The first-order chi connectivity index (χ1) is 8.43. The Kier molecular flexibility index (Phi) is 2.87. The van der Waals surface area contributed by atoms with E-state index in [9.17, 15) is 14.9 Å². The number of hydrogen-bond acceptors (Lipinski definition) is 5. The molecule has 2 rings (SSSR count). The van der Waals surface area contributed by atoms with Crippen LogP contribution in [0.25, 0.3) is 10.9 Å². The largest absolute Gasteiger partial charge is 0.397 e. The lowest BCUT2D eigenvalue weighted by atomic mass is 10.1. The molecule has 0 spiro atoms. The highest BCUT2D eigenvalue weighted by Gasteiger charge is 2.20. The van der Waals surface area contributed by atoms with Crippen LogP contribution in [0, 0.1) is 10.1 Å². The molecule has 0 unspecified atom stereocenters. The zero-order valence-electron chi connectivity index (χ0n) is 8.88.